The molecule has 1 heterocycles. The van der Waals surface area contributed by atoms with E-state index in [9.17, 15) is 4.79 Å². The summed E-state index contributed by atoms with van der Waals surface area (Å²) in [6, 6.07) is 7.55. The number of benzene rings is 1. The molecule has 1 aromatic carbocycles. The Morgan fingerprint density at radius 2 is 2.29 bits per heavy atom. The van der Waals surface area contributed by atoms with E-state index < -0.39 is 6.09 Å². The van der Waals surface area contributed by atoms with Crippen molar-refractivity contribution < 1.29 is 9.90 Å². The SMILES string of the molecule is C=CC1c2ccccc2CN1C(=O)O. The second-order valence-electron chi connectivity index (χ2n) is 3.29. The summed E-state index contributed by atoms with van der Waals surface area (Å²) in [5, 5.41) is 8.97. The van der Waals surface area contributed by atoms with Crippen LogP contribution in [0.4, 0.5) is 4.79 Å². The average molecular weight is 189 g/mol. The lowest BCUT2D eigenvalue weighted by molar-refractivity contribution is 0.137. The Morgan fingerprint density at radius 3 is 2.93 bits per heavy atom. The fourth-order valence-electron chi connectivity index (χ4n) is 1.86. The molecule has 1 aliphatic heterocycles. The molecule has 0 spiro atoms. The Kier molecular flexibility index (Phi) is 2.00. The van der Waals surface area contributed by atoms with E-state index in [0.717, 1.165) is 11.1 Å². The first-order valence-corrected chi connectivity index (χ1v) is 4.44. The highest BCUT2D eigenvalue weighted by atomic mass is 16.4. The highest BCUT2D eigenvalue weighted by Crippen LogP contribution is 2.33. The zero-order chi connectivity index (χ0) is 10.1. The van der Waals surface area contributed by atoms with Crippen molar-refractivity contribution in [3.8, 4) is 0 Å². The lowest BCUT2D eigenvalue weighted by atomic mass is 10.1. The lowest BCUT2D eigenvalue weighted by Gasteiger charge is -2.18. The molecule has 72 valence electrons. The number of carbonyl (C=O) groups is 1. The van der Waals surface area contributed by atoms with Crippen molar-refractivity contribution in [3.63, 3.8) is 0 Å². The van der Waals surface area contributed by atoms with E-state index >= 15 is 0 Å². The summed E-state index contributed by atoms with van der Waals surface area (Å²) >= 11 is 0. The topological polar surface area (TPSA) is 40.5 Å². The van der Waals surface area contributed by atoms with E-state index in [1.54, 1.807) is 6.08 Å². The second-order valence-corrected chi connectivity index (χ2v) is 3.29. The van der Waals surface area contributed by atoms with Gasteiger partial charge in [0.15, 0.2) is 0 Å². The third-order valence-corrected chi connectivity index (χ3v) is 2.52. The first-order valence-electron chi connectivity index (χ1n) is 4.44. The number of hydrogen-bond donors (Lipinski definition) is 1. The van der Waals surface area contributed by atoms with E-state index in [4.69, 9.17) is 5.11 Å². The van der Waals surface area contributed by atoms with Gasteiger partial charge < -0.3 is 5.11 Å². The van der Waals surface area contributed by atoms with E-state index in [-0.39, 0.29) is 6.04 Å². The maximum atomic E-state index is 10.9. The minimum absolute atomic E-state index is 0.191. The van der Waals surface area contributed by atoms with Crippen LogP contribution in [0.3, 0.4) is 0 Å². The van der Waals surface area contributed by atoms with Gasteiger partial charge in [-0.15, -0.1) is 6.58 Å². The first kappa shape index (κ1) is 8.81. The van der Waals surface area contributed by atoms with Crippen LogP contribution in [0.1, 0.15) is 17.2 Å². The Balaban J connectivity index is 2.43. The van der Waals surface area contributed by atoms with Crippen LogP contribution in [0.5, 0.6) is 0 Å². The first-order chi connectivity index (χ1) is 6.74. The fraction of sp³-hybridized carbons (Fsp3) is 0.182. The third kappa shape index (κ3) is 1.18. The highest BCUT2D eigenvalue weighted by molar-refractivity contribution is 5.68. The van der Waals surface area contributed by atoms with Crippen molar-refractivity contribution in [2.24, 2.45) is 0 Å². The molecule has 0 saturated heterocycles. The molecule has 3 nitrogen and oxygen atoms in total. The van der Waals surface area contributed by atoms with Gasteiger partial charge in [-0.2, -0.15) is 0 Å². The number of nitrogens with zero attached hydrogens (tertiary/aromatic N) is 1. The van der Waals surface area contributed by atoms with Crippen molar-refractivity contribution in [1.82, 2.24) is 4.90 Å². The zero-order valence-corrected chi connectivity index (χ0v) is 7.68. The number of rotatable bonds is 1. The molecule has 1 unspecified atom stereocenters. The number of amides is 1. The van der Waals surface area contributed by atoms with Crippen molar-refractivity contribution in [3.05, 3.63) is 48.0 Å². The van der Waals surface area contributed by atoms with E-state index in [0.29, 0.717) is 6.54 Å². The molecule has 14 heavy (non-hydrogen) atoms. The lowest BCUT2D eigenvalue weighted by Crippen LogP contribution is -2.26. The predicted octanol–water partition coefficient (Wildman–Crippen LogP) is 2.41. The fourth-order valence-corrected chi connectivity index (χ4v) is 1.86. The molecule has 0 fully saturated rings. The number of carboxylic acid groups (broad SMARTS) is 1. The number of fused-ring (bicyclic) bond motifs is 1. The maximum absolute atomic E-state index is 10.9. The third-order valence-electron chi connectivity index (χ3n) is 2.52. The Bertz CT molecular complexity index is 387. The quantitative estimate of drug-likeness (QED) is 0.689. The maximum Gasteiger partial charge on any atom is 0.408 e. The van der Waals surface area contributed by atoms with Gasteiger partial charge in [-0.05, 0) is 11.1 Å². The summed E-state index contributed by atoms with van der Waals surface area (Å²) in [4.78, 5) is 12.3. The van der Waals surface area contributed by atoms with Gasteiger partial charge in [-0.3, -0.25) is 4.90 Å². The van der Waals surface area contributed by atoms with Crippen LogP contribution in [-0.2, 0) is 6.54 Å². The van der Waals surface area contributed by atoms with Gasteiger partial charge in [0.1, 0.15) is 0 Å². The zero-order valence-electron chi connectivity index (χ0n) is 7.68. The molecule has 1 atom stereocenters. The molecule has 1 aromatic rings. The minimum Gasteiger partial charge on any atom is -0.465 e. The normalized spacial score (nSPS) is 19.1. The molecule has 0 saturated carbocycles. The Labute approximate surface area is 82.3 Å². The van der Waals surface area contributed by atoms with E-state index in [1.165, 1.54) is 4.90 Å². The van der Waals surface area contributed by atoms with Crippen LogP contribution in [-0.4, -0.2) is 16.1 Å². The van der Waals surface area contributed by atoms with Gasteiger partial charge in [0.05, 0.1) is 12.6 Å². The molecule has 1 N–H and O–H groups in total. The molecule has 0 aromatic heterocycles. The summed E-state index contributed by atoms with van der Waals surface area (Å²) in [6.45, 7) is 4.13. The molecule has 0 radical (unpaired) electrons. The van der Waals surface area contributed by atoms with Gasteiger partial charge in [0, 0.05) is 0 Å². The Morgan fingerprint density at radius 1 is 1.57 bits per heavy atom. The Hall–Kier alpha value is -1.77. The minimum atomic E-state index is -0.897. The van der Waals surface area contributed by atoms with Gasteiger partial charge in [-0.25, -0.2) is 4.79 Å². The second kappa shape index (κ2) is 3.18. The van der Waals surface area contributed by atoms with Crippen LogP contribution in [0.15, 0.2) is 36.9 Å². The van der Waals surface area contributed by atoms with Crippen LogP contribution in [0.2, 0.25) is 0 Å². The van der Waals surface area contributed by atoms with E-state index in [2.05, 4.69) is 6.58 Å². The van der Waals surface area contributed by atoms with Crippen LogP contribution in [0, 0.1) is 0 Å². The summed E-state index contributed by atoms with van der Waals surface area (Å²) in [7, 11) is 0. The molecule has 1 amide bonds. The van der Waals surface area contributed by atoms with Crippen molar-refractivity contribution in [2.75, 3.05) is 0 Å². The molecular weight excluding hydrogens is 178 g/mol. The summed E-state index contributed by atoms with van der Waals surface area (Å²) in [5.41, 5.74) is 2.12. The van der Waals surface area contributed by atoms with Crippen molar-refractivity contribution in [1.29, 1.82) is 0 Å². The molecule has 2 rings (SSSR count). The van der Waals surface area contributed by atoms with Crippen LogP contribution < -0.4 is 0 Å². The summed E-state index contributed by atoms with van der Waals surface area (Å²) in [5.74, 6) is 0. The van der Waals surface area contributed by atoms with Crippen molar-refractivity contribution in [2.45, 2.75) is 12.6 Å². The largest absolute Gasteiger partial charge is 0.465 e. The smallest absolute Gasteiger partial charge is 0.408 e. The van der Waals surface area contributed by atoms with Crippen LogP contribution in [0.25, 0.3) is 0 Å². The molecule has 1 aliphatic rings. The van der Waals surface area contributed by atoms with Gasteiger partial charge in [0.25, 0.3) is 0 Å². The average Bonchev–Trinajstić information content (AvgIpc) is 2.56. The standard InChI is InChI=1S/C11H11NO2/c1-2-10-9-6-4-3-5-8(9)7-12(10)11(13)14/h2-6,10H,1,7H2,(H,13,14). The van der Waals surface area contributed by atoms with Crippen LogP contribution >= 0.6 is 0 Å². The highest BCUT2D eigenvalue weighted by Gasteiger charge is 2.30. The monoisotopic (exact) mass is 189 g/mol. The van der Waals surface area contributed by atoms with E-state index in [1.807, 2.05) is 24.3 Å². The molecule has 0 bridgehead atoms. The van der Waals surface area contributed by atoms with Gasteiger partial charge in [-0.1, -0.05) is 30.3 Å². The molecule has 3 heteroatoms. The molecular formula is C11H11NO2. The summed E-state index contributed by atoms with van der Waals surface area (Å²) < 4.78 is 0. The molecule has 0 aliphatic carbocycles. The van der Waals surface area contributed by atoms with Gasteiger partial charge >= 0.3 is 6.09 Å². The number of hydrogen-bond acceptors (Lipinski definition) is 1. The van der Waals surface area contributed by atoms with Crippen molar-refractivity contribution >= 4 is 6.09 Å². The summed E-state index contributed by atoms with van der Waals surface area (Å²) in [6.07, 6.45) is 0.769. The van der Waals surface area contributed by atoms with Gasteiger partial charge in [0.2, 0.25) is 0 Å². The predicted molar refractivity (Wildman–Crippen MR) is 52.9 cm³/mol.